The number of aliphatic carboxylic acids is 1. The van der Waals surface area contributed by atoms with Crippen LogP contribution in [0.1, 0.15) is 17.7 Å². The number of aromatic nitrogens is 3. The van der Waals surface area contributed by atoms with Crippen molar-refractivity contribution in [1.29, 1.82) is 0 Å². The van der Waals surface area contributed by atoms with E-state index in [1.165, 1.54) is 31.2 Å². The Morgan fingerprint density at radius 3 is 2.38 bits per heavy atom. The number of methoxy groups -OCH3 is 2. The first-order chi connectivity index (χ1) is 13.6. The second kappa shape index (κ2) is 7.60. The molecule has 2 aromatic heterocycles. The summed E-state index contributed by atoms with van der Waals surface area (Å²) in [5.74, 6) is -0.240. The second-order valence-electron chi connectivity index (χ2n) is 6.40. The minimum Gasteiger partial charge on any atom is -0.493 e. The molecule has 9 nitrogen and oxygen atoms in total. The lowest BCUT2D eigenvalue weighted by molar-refractivity contribution is -0.136. The van der Waals surface area contributed by atoms with Gasteiger partial charge in [-0.3, -0.25) is 9.48 Å². The minimum absolute atomic E-state index is 0.0167. The van der Waals surface area contributed by atoms with Crippen LogP contribution in [0.15, 0.2) is 23.2 Å². The monoisotopic (exact) mass is 441 g/mol. The van der Waals surface area contributed by atoms with Gasteiger partial charge in [-0.15, -0.1) is 0 Å². The molecule has 0 saturated carbocycles. The lowest BCUT2D eigenvalue weighted by Crippen LogP contribution is -2.13. The van der Waals surface area contributed by atoms with E-state index in [-0.39, 0.29) is 28.6 Å². The molecule has 0 spiro atoms. The van der Waals surface area contributed by atoms with Crippen LogP contribution in [-0.2, 0) is 28.3 Å². The summed E-state index contributed by atoms with van der Waals surface area (Å²) in [7, 11) is 0.348. The number of ether oxygens (including phenoxy) is 2. The Hall–Kier alpha value is -2.72. The third-order valence-electron chi connectivity index (χ3n) is 4.58. The Morgan fingerprint density at radius 2 is 1.86 bits per heavy atom. The number of carbonyl (C=O) groups is 1. The van der Waals surface area contributed by atoms with Crippen LogP contribution in [0.2, 0.25) is 5.15 Å². The second-order valence-corrected chi connectivity index (χ2v) is 8.51. The zero-order valence-electron chi connectivity index (χ0n) is 16.3. The van der Waals surface area contributed by atoms with E-state index in [4.69, 9.17) is 26.2 Å². The third kappa shape index (κ3) is 3.53. The average Bonchev–Trinajstić information content (AvgIpc) is 3.15. The molecule has 11 heteroatoms. The average molecular weight is 442 g/mol. The van der Waals surface area contributed by atoms with E-state index in [1.54, 1.807) is 20.0 Å². The van der Waals surface area contributed by atoms with E-state index in [2.05, 4.69) is 5.10 Å². The molecule has 3 rings (SSSR count). The van der Waals surface area contributed by atoms with Crippen LogP contribution >= 0.6 is 11.6 Å². The zero-order valence-corrected chi connectivity index (χ0v) is 17.8. The van der Waals surface area contributed by atoms with Crippen molar-refractivity contribution < 1.29 is 27.8 Å². The number of nitrogens with zero attached hydrogens (tertiary/aromatic N) is 3. The molecule has 0 saturated heterocycles. The van der Waals surface area contributed by atoms with Gasteiger partial charge in [0.15, 0.2) is 11.5 Å². The molecular weight excluding hydrogens is 422 g/mol. The predicted octanol–water partition coefficient (Wildman–Crippen LogP) is 2.61. The fraction of sp³-hybridized carbons (Fsp3) is 0.333. The number of carboxylic acid groups (broad SMARTS) is 1. The van der Waals surface area contributed by atoms with E-state index >= 15 is 0 Å². The number of halogens is 1. The normalized spacial score (nSPS) is 11.8. The molecule has 0 radical (unpaired) electrons. The maximum absolute atomic E-state index is 13.4. The highest BCUT2D eigenvalue weighted by Crippen LogP contribution is 2.37. The van der Waals surface area contributed by atoms with Crippen molar-refractivity contribution >= 4 is 38.5 Å². The summed E-state index contributed by atoms with van der Waals surface area (Å²) in [6.45, 7) is 1.55. The van der Waals surface area contributed by atoms with Crippen LogP contribution in [0.3, 0.4) is 0 Å². The van der Waals surface area contributed by atoms with E-state index < -0.39 is 16.0 Å². The van der Waals surface area contributed by atoms with Crippen molar-refractivity contribution in [1.82, 2.24) is 13.8 Å². The van der Waals surface area contributed by atoms with Gasteiger partial charge in [-0.2, -0.15) is 5.10 Å². The van der Waals surface area contributed by atoms with E-state index in [0.29, 0.717) is 28.0 Å². The predicted molar refractivity (Wildman–Crippen MR) is 107 cm³/mol. The molecule has 0 aliphatic rings. The first-order valence-corrected chi connectivity index (χ1v) is 10.4. The Balaban J connectivity index is 2.33. The zero-order chi connectivity index (χ0) is 21.5. The van der Waals surface area contributed by atoms with Gasteiger partial charge < -0.3 is 14.6 Å². The summed E-state index contributed by atoms with van der Waals surface area (Å²) < 4.78 is 39.9. The van der Waals surface area contributed by atoms with Gasteiger partial charge in [0.2, 0.25) is 0 Å². The highest BCUT2D eigenvalue weighted by atomic mass is 35.5. The smallest absolute Gasteiger partial charge is 0.303 e. The molecule has 0 aliphatic carbocycles. The number of hydrogen-bond donors (Lipinski definition) is 1. The number of benzene rings is 1. The largest absolute Gasteiger partial charge is 0.493 e. The van der Waals surface area contributed by atoms with Crippen LogP contribution in [0, 0.1) is 6.92 Å². The summed E-state index contributed by atoms with van der Waals surface area (Å²) in [6, 6.07) is 3.17. The third-order valence-corrected chi connectivity index (χ3v) is 6.95. The highest BCUT2D eigenvalue weighted by molar-refractivity contribution is 7.90. The number of hydrogen-bond acceptors (Lipinski definition) is 6. The summed E-state index contributed by atoms with van der Waals surface area (Å²) >= 11 is 6.20. The lowest BCUT2D eigenvalue weighted by Gasteiger charge is -2.11. The van der Waals surface area contributed by atoms with Crippen LogP contribution < -0.4 is 9.47 Å². The number of rotatable bonds is 7. The Bertz CT molecular complexity index is 1210. The van der Waals surface area contributed by atoms with Gasteiger partial charge in [-0.1, -0.05) is 11.6 Å². The summed E-state index contributed by atoms with van der Waals surface area (Å²) in [4.78, 5) is 10.9. The minimum atomic E-state index is -4.11. The van der Waals surface area contributed by atoms with Gasteiger partial charge in [0.25, 0.3) is 10.0 Å². The van der Waals surface area contributed by atoms with Crippen molar-refractivity contribution in [2.24, 2.45) is 7.05 Å². The summed E-state index contributed by atoms with van der Waals surface area (Å²) in [5, 5.41) is 13.7. The molecule has 2 heterocycles. The van der Waals surface area contributed by atoms with Crippen LogP contribution in [0.4, 0.5) is 0 Å². The standard InChI is InChI=1S/C18H20ClN3O6S/c1-10-17(18(19)21(2)20-10)29(25,26)22-9-11(5-6-16(23)24)12-7-14(27-3)15(28-4)8-13(12)22/h7-9H,5-6H2,1-4H3,(H,23,24). The van der Waals surface area contributed by atoms with Gasteiger partial charge in [0, 0.05) is 31.1 Å². The summed E-state index contributed by atoms with van der Waals surface area (Å²) in [5.41, 5.74) is 1.12. The molecule has 3 aromatic rings. The van der Waals surface area contributed by atoms with Gasteiger partial charge >= 0.3 is 5.97 Å². The molecule has 0 fully saturated rings. The fourth-order valence-electron chi connectivity index (χ4n) is 3.23. The molecule has 1 aromatic carbocycles. The van der Waals surface area contributed by atoms with E-state index in [0.717, 1.165) is 3.97 Å². The topological polar surface area (TPSA) is 113 Å². The SMILES string of the molecule is COc1cc2c(CCC(=O)O)cn(S(=O)(=O)c3c(C)nn(C)c3Cl)c2cc1OC. The van der Waals surface area contributed by atoms with Crippen molar-refractivity contribution in [2.75, 3.05) is 14.2 Å². The summed E-state index contributed by atoms with van der Waals surface area (Å²) in [6.07, 6.45) is 1.40. The first kappa shape index (κ1) is 21.0. The van der Waals surface area contributed by atoms with E-state index in [1.807, 2.05) is 0 Å². The number of fused-ring (bicyclic) bond motifs is 1. The Labute approximate surface area is 172 Å². The number of aryl methyl sites for hydroxylation is 3. The van der Waals surface area contributed by atoms with Crippen molar-refractivity contribution in [2.45, 2.75) is 24.7 Å². The van der Waals surface area contributed by atoms with Crippen LogP contribution in [-0.4, -0.2) is 47.5 Å². The molecule has 0 aliphatic heterocycles. The lowest BCUT2D eigenvalue weighted by atomic mass is 10.1. The van der Waals surface area contributed by atoms with Crippen LogP contribution in [0.25, 0.3) is 10.9 Å². The molecular formula is C18H20ClN3O6S. The van der Waals surface area contributed by atoms with Crippen molar-refractivity contribution in [3.8, 4) is 11.5 Å². The highest BCUT2D eigenvalue weighted by Gasteiger charge is 2.29. The first-order valence-electron chi connectivity index (χ1n) is 8.54. The fourth-order valence-corrected chi connectivity index (χ4v) is 5.33. The van der Waals surface area contributed by atoms with Gasteiger partial charge in [0.05, 0.1) is 25.4 Å². The van der Waals surface area contributed by atoms with E-state index in [9.17, 15) is 13.2 Å². The molecule has 0 bridgehead atoms. The quantitative estimate of drug-likeness (QED) is 0.599. The maximum atomic E-state index is 13.4. The molecule has 29 heavy (non-hydrogen) atoms. The Kier molecular flexibility index (Phi) is 5.50. The number of carboxylic acids is 1. The molecule has 0 unspecified atom stereocenters. The van der Waals surface area contributed by atoms with Gasteiger partial charge in [-0.05, 0) is 25.0 Å². The van der Waals surface area contributed by atoms with Gasteiger partial charge in [0.1, 0.15) is 10.0 Å². The van der Waals surface area contributed by atoms with Crippen LogP contribution in [0.5, 0.6) is 11.5 Å². The molecule has 0 atom stereocenters. The van der Waals surface area contributed by atoms with Crippen molar-refractivity contribution in [3.63, 3.8) is 0 Å². The Morgan fingerprint density at radius 1 is 1.24 bits per heavy atom. The molecule has 0 amide bonds. The van der Waals surface area contributed by atoms with Gasteiger partial charge in [-0.25, -0.2) is 12.4 Å². The maximum Gasteiger partial charge on any atom is 0.303 e. The molecule has 1 N–H and O–H groups in total. The molecule has 156 valence electrons. The van der Waals surface area contributed by atoms with Crippen molar-refractivity contribution in [3.05, 3.63) is 34.7 Å².